The highest BCUT2D eigenvalue weighted by Gasteiger charge is 2.47. The van der Waals surface area contributed by atoms with Gasteiger partial charge >= 0.3 is 6.09 Å². The first-order chi connectivity index (χ1) is 24.1. The Morgan fingerprint density at radius 2 is 1.62 bits per heavy atom. The summed E-state index contributed by atoms with van der Waals surface area (Å²) in [5.41, 5.74) is 3.21. The summed E-state index contributed by atoms with van der Waals surface area (Å²) in [6.07, 6.45) is 1.49. The van der Waals surface area contributed by atoms with Gasteiger partial charge in [-0.1, -0.05) is 54.6 Å². The molecule has 1 N–H and O–H groups in total. The van der Waals surface area contributed by atoms with Crippen molar-refractivity contribution in [3.8, 4) is 22.6 Å². The van der Waals surface area contributed by atoms with E-state index in [-0.39, 0.29) is 44.2 Å². The van der Waals surface area contributed by atoms with Gasteiger partial charge in [0.1, 0.15) is 17.1 Å². The monoisotopic (exact) mass is 688 g/mol. The summed E-state index contributed by atoms with van der Waals surface area (Å²) in [4.78, 5) is 32.2. The number of hydrogen-bond acceptors (Lipinski definition) is 8. The van der Waals surface area contributed by atoms with Crippen LogP contribution in [0, 0.1) is 5.92 Å². The number of aliphatic hydroxyl groups is 1. The van der Waals surface area contributed by atoms with Crippen LogP contribution in [-0.4, -0.2) is 98.4 Å². The van der Waals surface area contributed by atoms with Crippen LogP contribution in [0.4, 0.5) is 4.79 Å². The number of hydrogen-bond donors (Lipinski definition) is 1. The Kier molecular flexibility index (Phi) is 12.8. The van der Waals surface area contributed by atoms with Gasteiger partial charge in [-0.15, -0.1) is 0 Å². The molecule has 3 aromatic rings. The molecular formula is C40H52N2O8. The fourth-order valence-electron chi connectivity index (χ4n) is 6.59. The lowest BCUT2D eigenvalue weighted by Crippen LogP contribution is -2.56. The smallest absolute Gasteiger partial charge is 0.410 e. The lowest BCUT2D eigenvalue weighted by atomic mass is 9.77. The number of amides is 2. The van der Waals surface area contributed by atoms with Crippen molar-refractivity contribution in [2.24, 2.45) is 5.92 Å². The van der Waals surface area contributed by atoms with Crippen LogP contribution in [0.5, 0.6) is 11.5 Å². The van der Waals surface area contributed by atoms with E-state index in [4.69, 9.17) is 23.7 Å². The highest BCUT2D eigenvalue weighted by Crippen LogP contribution is 2.41. The van der Waals surface area contributed by atoms with Crippen LogP contribution in [0.3, 0.4) is 0 Å². The van der Waals surface area contributed by atoms with E-state index in [0.717, 1.165) is 41.5 Å². The fraction of sp³-hybridized carbons (Fsp3) is 0.500. The van der Waals surface area contributed by atoms with Crippen LogP contribution in [0.2, 0.25) is 0 Å². The number of piperidine rings is 1. The molecule has 3 aromatic carbocycles. The average molecular weight is 689 g/mol. The number of rotatable bonds is 15. The van der Waals surface area contributed by atoms with Gasteiger partial charge in [-0.25, -0.2) is 4.79 Å². The van der Waals surface area contributed by atoms with Crippen molar-refractivity contribution in [1.82, 2.24) is 9.80 Å². The zero-order valence-electron chi connectivity index (χ0n) is 30.0. The van der Waals surface area contributed by atoms with Crippen molar-refractivity contribution >= 4 is 12.0 Å². The molecule has 1 saturated carbocycles. The summed E-state index contributed by atoms with van der Waals surface area (Å²) in [7, 11) is 3.28. The van der Waals surface area contributed by atoms with Gasteiger partial charge in [0.05, 0.1) is 45.5 Å². The molecule has 1 aliphatic heterocycles. The van der Waals surface area contributed by atoms with Gasteiger partial charge in [0, 0.05) is 51.3 Å². The van der Waals surface area contributed by atoms with Crippen LogP contribution < -0.4 is 9.47 Å². The molecule has 1 saturated heterocycles. The molecule has 0 bridgehead atoms. The molecule has 50 heavy (non-hydrogen) atoms. The molecular weight excluding hydrogens is 636 g/mol. The Bertz CT molecular complexity index is 1550. The van der Waals surface area contributed by atoms with Crippen molar-refractivity contribution in [3.05, 3.63) is 83.9 Å². The number of ether oxygens (including phenoxy) is 5. The van der Waals surface area contributed by atoms with E-state index in [0.29, 0.717) is 31.3 Å². The van der Waals surface area contributed by atoms with Gasteiger partial charge < -0.3 is 38.6 Å². The third kappa shape index (κ3) is 9.99. The lowest BCUT2D eigenvalue weighted by molar-refractivity contribution is -0.143. The summed E-state index contributed by atoms with van der Waals surface area (Å²) >= 11 is 0. The molecule has 10 heteroatoms. The molecule has 270 valence electrons. The molecule has 0 unspecified atom stereocenters. The number of carbonyl (C=O) groups is 2. The molecule has 0 radical (unpaired) electrons. The average Bonchev–Trinajstić information content (AvgIpc) is 3.96. The zero-order chi connectivity index (χ0) is 35.7. The van der Waals surface area contributed by atoms with Gasteiger partial charge in [-0.2, -0.15) is 0 Å². The van der Waals surface area contributed by atoms with E-state index in [1.807, 2.05) is 74.2 Å². The predicted molar refractivity (Wildman–Crippen MR) is 191 cm³/mol. The Morgan fingerprint density at radius 1 is 0.880 bits per heavy atom. The van der Waals surface area contributed by atoms with E-state index in [9.17, 15) is 9.90 Å². The number of methoxy groups -OCH3 is 2. The minimum atomic E-state index is -0.714. The van der Waals surface area contributed by atoms with Crippen molar-refractivity contribution in [3.63, 3.8) is 0 Å². The SMILES string of the molecule is COCCCOc1cc(CN(C(=O)[C@H]2CN(C(=O)OC(C)(C)C)C[C@@H](OCCO)[C@@H]2c2cccc(-c3ccccc3)c2)C2CC2)cc(OC)c1. The maximum atomic E-state index is 15.0. The summed E-state index contributed by atoms with van der Waals surface area (Å²) in [6, 6.07) is 24.1. The van der Waals surface area contributed by atoms with Gasteiger partial charge in [-0.05, 0) is 68.0 Å². The molecule has 3 atom stereocenters. The van der Waals surface area contributed by atoms with E-state index in [1.54, 1.807) is 19.1 Å². The molecule has 5 rings (SSSR count). The van der Waals surface area contributed by atoms with Crippen LogP contribution in [0.1, 0.15) is 57.1 Å². The maximum Gasteiger partial charge on any atom is 0.410 e. The van der Waals surface area contributed by atoms with E-state index >= 15 is 4.79 Å². The van der Waals surface area contributed by atoms with Gasteiger partial charge in [0.2, 0.25) is 5.91 Å². The molecule has 0 aromatic heterocycles. The Morgan fingerprint density at radius 3 is 2.30 bits per heavy atom. The van der Waals surface area contributed by atoms with Crippen molar-refractivity contribution in [2.45, 2.75) is 70.2 Å². The minimum Gasteiger partial charge on any atom is -0.497 e. The minimum absolute atomic E-state index is 0.0566. The first kappa shape index (κ1) is 37.1. The first-order valence-corrected chi connectivity index (χ1v) is 17.6. The topological polar surface area (TPSA) is 107 Å². The van der Waals surface area contributed by atoms with Crippen molar-refractivity contribution < 1.29 is 38.4 Å². The molecule has 1 aliphatic carbocycles. The Balaban J connectivity index is 1.51. The molecule has 1 heterocycles. The highest BCUT2D eigenvalue weighted by molar-refractivity contribution is 5.82. The van der Waals surface area contributed by atoms with E-state index < -0.39 is 23.7 Å². The summed E-state index contributed by atoms with van der Waals surface area (Å²) in [5, 5.41) is 9.80. The van der Waals surface area contributed by atoms with Gasteiger partial charge in [-0.3, -0.25) is 4.79 Å². The number of nitrogens with zero attached hydrogens (tertiary/aromatic N) is 2. The van der Waals surface area contributed by atoms with Crippen LogP contribution in [-0.2, 0) is 25.5 Å². The number of benzene rings is 3. The molecule has 0 spiro atoms. The lowest BCUT2D eigenvalue weighted by Gasteiger charge is -2.44. The summed E-state index contributed by atoms with van der Waals surface area (Å²) < 4.78 is 28.9. The van der Waals surface area contributed by atoms with E-state index in [1.165, 1.54) is 0 Å². The van der Waals surface area contributed by atoms with Gasteiger partial charge in [0.25, 0.3) is 0 Å². The van der Waals surface area contributed by atoms with E-state index in [2.05, 4.69) is 24.3 Å². The second-order valence-electron chi connectivity index (χ2n) is 14.1. The second kappa shape index (κ2) is 17.2. The maximum absolute atomic E-state index is 15.0. The Labute approximate surface area is 296 Å². The zero-order valence-corrected chi connectivity index (χ0v) is 30.0. The fourth-order valence-corrected chi connectivity index (χ4v) is 6.59. The number of aliphatic hydroxyl groups excluding tert-OH is 1. The highest BCUT2D eigenvalue weighted by atomic mass is 16.6. The molecule has 10 nitrogen and oxygen atoms in total. The van der Waals surface area contributed by atoms with Crippen molar-refractivity contribution in [2.75, 3.05) is 53.7 Å². The predicted octanol–water partition coefficient (Wildman–Crippen LogP) is 6.30. The first-order valence-electron chi connectivity index (χ1n) is 17.6. The number of likely N-dealkylation sites (tertiary alicyclic amines) is 1. The van der Waals surface area contributed by atoms with Crippen LogP contribution in [0.25, 0.3) is 11.1 Å². The third-order valence-electron chi connectivity index (χ3n) is 8.98. The quantitative estimate of drug-likeness (QED) is 0.186. The third-order valence-corrected chi connectivity index (χ3v) is 8.98. The standard InChI is InChI=1S/C40H52N2O8/c1-40(2,3)50-39(45)41-26-35(37(36(27-41)49-20-17-43)31-14-9-13-30(23-31)29-11-7-6-8-12-29)38(44)42(32-15-16-32)25-28-21-33(47-5)24-34(22-28)48-19-10-18-46-4/h6-9,11-14,21-24,32,35-37,43H,10,15-20,25-27H2,1-5H3/t35-,36+,37+/m0/s1. The summed E-state index contributed by atoms with van der Waals surface area (Å²) in [5.74, 6) is 0.234. The number of carbonyl (C=O) groups excluding carboxylic acids is 2. The van der Waals surface area contributed by atoms with Gasteiger partial charge in [0.15, 0.2) is 0 Å². The largest absolute Gasteiger partial charge is 0.497 e. The Hall–Kier alpha value is -4.12. The second-order valence-corrected chi connectivity index (χ2v) is 14.1. The molecule has 2 amide bonds. The summed E-state index contributed by atoms with van der Waals surface area (Å²) in [6.45, 7) is 7.22. The molecule has 2 fully saturated rings. The van der Waals surface area contributed by atoms with Crippen LogP contribution >= 0.6 is 0 Å². The normalized spacial score (nSPS) is 19.2. The van der Waals surface area contributed by atoms with Crippen molar-refractivity contribution in [1.29, 1.82) is 0 Å². The van der Waals surface area contributed by atoms with Crippen LogP contribution in [0.15, 0.2) is 72.8 Å². The molecule has 2 aliphatic rings.